The number of methoxy groups -OCH3 is 2. The van der Waals surface area contributed by atoms with E-state index in [9.17, 15) is 0 Å². The summed E-state index contributed by atoms with van der Waals surface area (Å²) in [5.41, 5.74) is 2.25. The maximum absolute atomic E-state index is 5.43. The number of hydrogen-bond donors (Lipinski definition) is 0. The van der Waals surface area contributed by atoms with Crippen molar-refractivity contribution < 1.29 is 9.47 Å². The number of hydrogen-bond acceptors (Lipinski definition) is 2. The molecular formula is C15H14BrIO2. The van der Waals surface area contributed by atoms with Gasteiger partial charge in [-0.25, -0.2) is 0 Å². The molecule has 4 heteroatoms. The number of rotatable bonds is 4. The van der Waals surface area contributed by atoms with Crippen molar-refractivity contribution in [2.75, 3.05) is 14.2 Å². The van der Waals surface area contributed by atoms with Gasteiger partial charge in [0.15, 0.2) is 0 Å². The van der Waals surface area contributed by atoms with Gasteiger partial charge in [-0.1, -0.05) is 28.1 Å². The van der Waals surface area contributed by atoms with Crippen molar-refractivity contribution in [3.63, 3.8) is 0 Å². The lowest BCUT2D eigenvalue weighted by atomic mass is 10.0. The smallest absolute Gasteiger partial charge is 0.123 e. The standard InChI is InChI=1S/C15H14BrIO2/c1-18-12-6-7-14(19-2)13(9-12)15(16)10-4-3-5-11(17)8-10/h3-9,15H,1-2H3. The van der Waals surface area contributed by atoms with Crippen molar-refractivity contribution in [1.82, 2.24) is 0 Å². The molecule has 2 aromatic carbocycles. The molecule has 19 heavy (non-hydrogen) atoms. The highest BCUT2D eigenvalue weighted by Crippen LogP contribution is 2.38. The van der Waals surface area contributed by atoms with Crippen LogP contribution in [0.25, 0.3) is 0 Å². The monoisotopic (exact) mass is 432 g/mol. The molecule has 0 spiro atoms. The largest absolute Gasteiger partial charge is 0.497 e. The highest BCUT2D eigenvalue weighted by Gasteiger charge is 2.16. The molecule has 0 amide bonds. The number of ether oxygens (including phenoxy) is 2. The molecule has 100 valence electrons. The molecule has 0 N–H and O–H groups in total. The topological polar surface area (TPSA) is 18.5 Å². The first kappa shape index (κ1) is 14.7. The Balaban J connectivity index is 2.44. The van der Waals surface area contributed by atoms with Crippen LogP contribution < -0.4 is 9.47 Å². The zero-order valence-corrected chi connectivity index (χ0v) is 14.4. The van der Waals surface area contributed by atoms with E-state index in [-0.39, 0.29) is 4.83 Å². The van der Waals surface area contributed by atoms with Crippen molar-refractivity contribution in [2.45, 2.75) is 4.83 Å². The second-order valence-corrected chi connectivity index (χ2v) is 6.19. The van der Waals surface area contributed by atoms with Crippen LogP contribution in [-0.2, 0) is 0 Å². The molecule has 0 fully saturated rings. The van der Waals surface area contributed by atoms with E-state index in [0.29, 0.717) is 0 Å². The van der Waals surface area contributed by atoms with E-state index in [0.717, 1.165) is 17.1 Å². The van der Waals surface area contributed by atoms with Crippen LogP contribution in [0, 0.1) is 3.57 Å². The zero-order chi connectivity index (χ0) is 13.8. The summed E-state index contributed by atoms with van der Waals surface area (Å²) in [6, 6.07) is 14.2. The van der Waals surface area contributed by atoms with Crippen LogP contribution in [0.1, 0.15) is 16.0 Å². The minimum Gasteiger partial charge on any atom is -0.497 e. The molecule has 0 heterocycles. The molecule has 0 radical (unpaired) electrons. The van der Waals surface area contributed by atoms with Crippen LogP contribution >= 0.6 is 38.5 Å². The van der Waals surface area contributed by atoms with Gasteiger partial charge in [0.2, 0.25) is 0 Å². The van der Waals surface area contributed by atoms with E-state index in [1.54, 1.807) is 14.2 Å². The number of halogens is 2. The fourth-order valence-corrected chi connectivity index (χ4v) is 3.09. The third-order valence-electron chi connectivity index (χ3n) is 2.85. The van der Waals surface area contributed by atoms with E-state index in [1.165, 1.54) is 9.13 Å². The Labute approximate surface area is 135 Å². The maximum Gasteiger partial charge on any atom is 0.123 e. The van der Waals surface area contributed by atoms with Gasteiger partial charge in [-0.15, -0.1) is 0 Å². The van der Waals surface area contributed by atoms with Gasteiger partial charge in [-0.2, -0.15) is 0 Å². The highest BCUT2D eigenvalue weighted by atomic mass is 127. The summed E-state index contributed by atoms with van der Waals surface area (Å²) in [7, 11) is 3.35. The molecule has 0 aromatic heterocycles. The first-order chi connectivity index (χ1) is 9.15. The van der Waals surface area contributed by atoms with E-state index < -0.39 is 0 Å². The SMILES string of the molecule is COc1ccc(OC)c(C(Br)c2cccc(I)c2)c1. The lowest BCUT2D eigenvalue weighted by Gasteiger charge is -2.16. The third kappa shape index (κ3) is 3.42. The fourth-order valence-electron chi connectivity index (χ4n) is 1.88. The summed E-state index contributed by atoms with van der Waals surface area (Å²) in [4.78, 5) is 0.0762. The van der Waals surface area contributed by atoms with E-state index in [2.05, 4.69) is 62.8 Å². The van der Waals surface area contributed by atoms with Gasteiger partial charge in [0.25, 0.3) is 0 Å². The Morgan fingerprint density at radius 3 is 2.47 bits per heavy atom. The minimum atomic E-state index is 0.0762. The predicted molar refractivity (Wildman–Crippen MR) is 89.5 cm³/mol. The first-order valence-electron chi connectivity index (χ1n) is 5.77. The Morgan fingerprint density at radius 1 is 1.05 bits per heavy atom. The third-order valence-corrected chi connectivity index (χ3v) is 4.54. The van der Waals surface area contributed by atoms with Crippen LogP contribution in [-0.4, -0.2) is 14.2 Å². The summed E-state index contributed by atoms with van der Waals surface area (Å²) in [6.07, 6.45) is 0. The van der Waals surface area contributed by atoms with E-state index >= 15 is 0 Å². The Kier molecular flexibility index (Phi) is 5.10. The first-order valence-corrected chi connectivity index (χ1v) is 7.76. The summed E-state index contributed by atoms with van der Waals surface area (Å²) < 4.78 is 11.9. The Hall–Kier alpha value is -0.750. The molecule has 0 aliphatic heterocycles. The quantitative estimate of drug-likeness (QED) is 0.510. The van der Waals surface area contributed by atoms with Crippen LogP contribution in [0.2, 0.25) is 0 Å². The maximum atomic E-state index is 5.43. The summed E-state index contributed by atoms with van der Waals surface area (Å²) >= 11 is 6.06. The molecule has 2 nitrogen and oxygen atoms in total. The molecule has 1 atom stereocenters. The van der Waals surface area contributed by atoms with Crippen LogP contribution in [0.5, 0.6) is 11.5 Å². The lowest BCUT2D eigenvalue weighted by molar-refractivity contribution is 0.399. The van der Waals surface area contributed by atoms with E-state index in [4.69, 9.17) is 9.47 Å². The van der Waals surface area contributed by atoms with Crippen molar-refractivity contribution in [2.24, 2.45) is 0 Å². The lowest BCUT2D eigenvalue weighted by Crippen LogP contribution is -1.98. The predicted octanol–water partition coefficient (Wildman–Crippen LogP) is 4.79. The molecule has 0 bridgehead atoms. The van der Waals surface area contributed by atoms with Crippen LogP contribution in [0.4, 0.5) is 0 Å². The van der Waals surface area contributed by atoms with Crippen LogP contribution in [0.3, 0.4) is 0 Å². The Morgan fingerprint density at radius 2 is 1.84 bits per heavy atom. The van der Waals surface area contributed by atoms with Crippen molar-refractivity contribution in [3.05, 3.63) is 57.2 Å². The molecule has 2 rings (SSSR count). The average molecular weight is 433 g/mol. The van der Waals surface area contributed by atoms with E-state index in [1.807, 2.05) is 18.2 Å². The fraction of sp³-hybridized carbons (Fsp3) is 0.200. The second kappa shape index (κ2) is 6.61. The van der Waals surface area contributed by atoms with Gasteiger partial charge in [0.1, 0.15) is 11.5 Å². The van der Waals surface area contributed by atoms with Gasteiger partial charge in [0, 0.05) is 9.13 Å². The molecule has 2 aromatic rings. The van der Waals surface area contributed by atoms with Gasteiger partial charge in [0.05, 0.1) is 19.0 Å². The van der Waals surface area contributed by atoms with Gasteiger partial charge < -0.3 is 9.47 Å². The zero-order valence-electron chi connectivity index (χ0n) is 10.7. The molecule has 0 aliphatic rings. The summed E-state index contributed by atoms with van der Waals surface area (Å²) in [6.45, 7) is 0. The normalized spacial score (nSPS) is 12.0. The van der Waals surface area contributed by atoms with Gasteiger partial charge >= 0.3 is 0 Å². The van der Waals surface area contributed by atoms with Crippen molar-refractivity contribution in [3.8, 4) is 11.5 Å². The highest BCUT2D eigenvalue weighted by molar-refractivity contribution is 14.1. The molecule has 0 saturated carbocycles. The number of alkyl halides is 1. The number of benzene rings is 2. The molecular weight excluding hydrogens is 419 g/mol. The summed E-state index contributed by atoms with van der Waals surface area (Å²) in [5, 5.41) is 0. The van der Waals surface area contributed by atoms with Gasteiger partial charge in [-0.05, 0) is 58.5 Å². The van der Waals surface area contributed by atoms with Crippen LogP contribution in [0.15, 0.2) is 42.5 Å². The minimum absolute atomic E-state index is 0.0762. The van der Waals surface area contributed by atoms with Gasteiger partial charge in [-0.3, -0.25) is 0 Å². The molecule has 0 saturated heterocycles. The molecule has 0 aliphatic carbocycles. The summed E-state index contributed by atoms with van der Waals surface area (Å²) in [5.74, 6) is 1.67. The average Bonchev–Trinajstić information content (AvgIpc) is 2.45. The van der Waals surface area contributed by atoms with Crippen molar-refractivity contribution >= 4 is 38.5 Å². The second-order valence-electron chi connectivity index (χ2n) is 4.03. The Bertz CT molecular complexity index is 572. The molecule has 1 unspecified atom stereocenters. The van der Waals surface area contributed by atoms with Crippen molar-refractivity contribution in [1.29, 1.82) is 0 Å².